The second-order valence-corrected chi connectivity index (χ2v) is 4.68. The monoisotopic (exact) mass is 399 g/mol. The van der Waals surface area contributed by atoms with Crippen LogP contribution in [0.3, 0.4) is 0 Å². The fourth-order valence-corrected chi connectivity index (χ4v) is 0. The molecule has 0 fully saturated rings. The summed E-state index contributed by atoms with van der Waals surface area (Å²) < 4.78 is 0. The molecule has 3 nitrogen and oxygen atoms in total. The third-order valence-electron chi connectivity index (χ3n) is 1.00. The summed E-state index contributed by atoms with van der Waals surface area (Å²) in [6.07, 6.45) is 0. The fourth-order valence-electron chi connectivity index (χ4n) is 0. The molecular formula is C12H27HfO3. The van der Waals surface area contributed by atoms with E-state index in [9.17, 15) is 15.3 Å². The Labute approximate surface area is 120 Å². The van der Waals surface area contributed by atoms with Gasteiger partial charge in [-0.2, -0.15) is 0 Å². The Morgan fingerprint density at radius 3 is 0.625 bits per heavy atom. The van der Waals surface area contributed by atoms with E-state index in [1.54, 1.807) is 0 Å². The smallest absolute Gasteiger partial charge is 0.854 e. The zero-order valence-electron chi connectivity index (χ0n) is 11.6. The molecule has 0 rings (SSSR count). The Balaban J connectivity index is -0.0000000655. The Kier molecular flexibility index (Phi) is 33.7. The largest absolute Gasteiger partial charge is 3.00 e. The van der Waals surface area contributed by atoms with Crippen molar-refractivity contribution in [1.82, 2.24) is 0 Å². The van der Waals surface area contributed by atoms with Gasteiger partial charge in [0.1, 0.15) is 0 Å². The molecule has 0 aromatic heterocycles. The maximum absolute atomic E-state index is 9.63. The average molecular weight is 398 g/mol. The van der Waals surface area contributed by atoms with E-state index in [0.29, 0.717) is 17.8 Å². The van der Waals surface area contributed by atoms with E-state index >= 15 is 0 Å². The van der Waals surface area contributed by atoms with Gasteiger partial charge in [-0.1, -0.05) is 59.3 Å². The van der Waals surface area contributed by atoms with Crippen LogP contribution in [-0.4, -0.2) is 19.8 Å². The third kappa shape index (κ3) is 61.2. The van der Waals surface area contributed by atoms with Gasteiger partial charge in [-0.15, -0.1) is 19.8 Å². The number of hydrogen-bond acceptors (Lipinski definition) is 3. The van der Waals surface area contributed by atoms with Gasteiger partial charge in [-0.25, -0.2) is 0 Å². The molecule has 0 aliphatic heterocycles. The molecule has 1 radical (unpaired) electrons. The van der Waals surface area contributed by atoms with E-state index in [1.165, 1.54) is 0 Å². The van der Waals surface area contributed by atoms with Crippen LogP contribution in [0.1, 0.15) is 41.5 Å². The van der Waals surface area contributed by atoms with Gasteiger partial charge < -0.3 is 15.3 Å². The molecule has 0 saturated carbocycles. The van der Waals surface area contributed by atoms with E-state index in [2.05, 4.69) is 0 Å². The fraction of sp³-hybridized carbons (Fsp3) is 1.00. The molecule has 0 N–H and O–H groups in total. The molecule has 0 bridgehead atoms. The van der Waals surface area contributed by atoms with Gasteiger partial charge in [0.2, 0.25) is 0 Å². The summed E-state index contributed by atoms with van der Waals surface area (Å²) in [7, 11) is 0. The summed E-state index contributed by atoms with van der Waals surface area (Å²) in [5.41, 5.74) is 0. The summed E-state index contributed by atoms with van der Waals surface area (Å²) >= 11 is 0. The molecule has 0 heterocycles. The number of rotatable bonds is 3. The molecule has 0 atom stereocenters. The van der Waals surface area contributed by atoms with E-state index < -0.39 is 0 Å². The molecule has 4 heteroatoms. The van der Waals surface area contributed by atoms with Crippen LogP contribution >= 0.6 is 0 Å². The van der Waals surface area contributed by atoms with Crippen LogP contribution < -0.4 is 15.3 Å². The van der Waals surface area contributed by atoms with Crippen molar-refractivity contribution in [3.05, 3.63) is 0 Å². The SMILES string of the molecule is CC(C)C[O-].CC(C)C[O-].CC(C)C[O-].[Hf+3]. The Bertz CT molecular complexity index is 77.2. The summed E-state index contributed by atoms with van der Waals surface area (Å²) in [5, 5.41) is 28.9. The van der Waals surface area contributed by atoms with Crippen molar-refractivity contribution in [2.24, 2.45) is 17.8 Å². The van der Waals surface area contributed by atoms with Crippen LogP contribution in [-0.2, 0) is 25.8 Å². The molecule has 0 aliphatic rings. The normalized spacial score (nSPS) is 9.00. The zero-order valence-corrected chi connectivity index (χ0v) is 15.2. The van der Waals surface area contributed by atoms with Gasteiger partial charge in [0.05, 0.1) is 0 Å². The molecular weight excluding hydrogens is 371 g/mol. The Morgan fingerprint density at radius 2 is 0.625 bits per heavy atom. The van der Waals surface area contributed by atoms with Crippen molar-refractivity contribution in [2.75, 3.05) is 19.8 Å². The maximum Gasteiger partial charge on any atom is 3.00 e. The van der Waals surface area contributed by atoms with Gasteiger partial charge in [0, 0.05) is 0 Å². The minimum Gasteiger partial charge on any atom is -0.854 e. The molecule has 0 unspecified atom stereocenters. The van der Waals surface area contributed by atoms with Gasteiger partial charge >= 0.3 is 25.8 Å². The predicted octanol–water partition coefficient (Wildman–Crippen LogP) is 0.00560. The topological polar surface area (TPSA) is 69.2 Å². The molecule has 0 amide bonds. The summed E-state index contributed by atoms with van der Waals surface area (Å²) in [6, 6.07) is 0. The van der Waals surface area contributed by atoms with Crippen molar-refractivity contribution >= 4 is 0 Å². The second-order valence-electron chi connectivity index (χ2n) is 4.68. The molecule has 0 aliphatic carbocycles. The Hall–Kier alpha value is 0.750. The minimum absolute atomic E-state index is 0. The first kappa shape index (κ1) is 25.6. The van der Waals surface area contributed by atoms with Crippen molar-refractivity contribution < 1.29 is 41.2 Å². The average Bonchev–Trinajstić information content (AvgIpc) is 2.19. The molecule has 97 valence electrons. The van der Waals surface area contributed by atoms with E-state index in [4.69, 9.17) is 0 Å². The summed E-state index contributed by atoms with van der Waals surface area (Å²) in [6.45, 7) is 11.6. The van der Waals surface area contributed by atoms with E-state index in [1.807, 2.05) is 41.5 Å². The second kappa shape index (κ2) is 21.1. The third-order valence-corrected chi connectivity index (χ3v) is 1.00. The van der Waals surface area contributed by atoms with E-state index in [-0.39, 0.29) is 45.7 Å². The first-order valence-electron chi connectivity index (χ1n) is 5.55. The van der Waals surface area contributed by atoms with Crippen LogP contribution in [0, 0.1) is 17.8 Å². The Morgan fingerprint density at radius 1 is 0.562 bits per heavy atom. The summed E-state index contributed by atoms with van der Waals surface area (Å²) in [5.74, 6) is 0.986. The molecule has 0 aromatic carbocycles. The zero-order chi connectivity index (χ0) is 12.9. The van der Waals surface area contributed by atoms with Crippen molar-refractivity contribution in [3.8, 4) is 0 Å². The maximum atomic E-state index is 9.63. The summed E-state index contributed by atoms with van der Waals surface area (Å²) in [4.78, 5) is 0. The predicted molar refractivity (Wildman–Crippen MR) is 59.1 cm³/mol. The minimum atomic E-state index is 0. The van der Waals surface area contributed by atoms with E-state index in [0.717, 1.165) is 0 Å². The van der Waals surface area contributed by atoms with Crippen LogP contribution in [0.2, 0.25) is 0 Å². The number of hydrogen-bond donors (Lipinski definition) is 0. The first-order chi connectivity index (χ1) is 6.81. The molecule has 0 spiro atoms. The first-order valence-corrected chi connectivity index (χ1v) is 5.55. The quantitative estimate of drug-likeness (QED) is 0.630. The van der Waals surface area contributed by atoms with Crippen LogP contribution in [0.15, 0.2) is 0 Å². The van der Waals surface area contributed by atoms with Crippen LogP contribution in [0.5, 0.6) is 0 Å². The van der Waals surface area contributed by atoms with Crippen molar-refractivity contribution in [1.29, 1.82) is 0 Å². The van der Waals surface area contributed by atoms with Crippen molar-refractivity contribution in [3.63, 3.8) is 0 Å². The van der Waals surface area contributed by atoms with Gasteiger partial charge in [-0.3, -0.25) is 0 Å². The van der Waals surface area contributed by atoms with Crippen LogP contribution in [0.4, 0.5) is 0 Å². The molecule has 0 saturated heterocycles. The van der Waals surface area contributed by atoms with Gasteiger partial charge in [0.15, 0.2) is 0 Å². The van der Waals surface area contributed by atoms with Crippen molar-refractivity contribution in [2.45, 2.75) is 41.5 Å². The standard InChI is InChI=1S/3C4H9O.Hf/c3*1-4(2)3-5;/h3*4H,3H2,1-2H3;/q3*-1;+3. The molecule has 16 heavy (non-hydrogen) atoms. The van der Waals surface area contributed by atoms with Crippen LogP contribution in [0.25, 0.3) is 0 Å². The molecule has 0 aromatic rings. The van der Waals surface area contributed by atoms with Gasteiger partial charge in [0.25, 0.3) is 0 Å². The van der Waals surface area contributed by atoms with Gasteiger partial charge in [-0.05, 0) is 0 Å².